The fourth-order valence-corrected chi connectivity index (χ4v) is 1.96. The van der Waals surface area contributed by atoms with E-state index in [4.69, 9.17) is 11.6 Å². The predicted molar refractivity (Wildman–Crippen MR) is 55.4 cm³/mol. The van der Waals surface area contributed by atoms with Gasteiger partial charge in [0.25, 0.3) is 0 Å². The molecule has 0 aliphatic rings. The van der Waals surface area contributed by atoms with Crippen LogP contribution in [0.2, 0.25) is 5.15 Å². The lowest BCUT2D eigenvalue weighted by atomic mass is 10.1. The molecule has 0 aliphatic carbocycles. The largest absolute Gasteiger partial charge is 0.416 e. The Kier molecular flexibility index (Phi) is 2.86. The highest BCUT2D eigenvalue weighted by Crippen LogP contribution is 2.33. The van der Waals surface area contributed by atoms with Crippen LogP contribution in [0, 0.1) is 0 Å². The summed E-state index contributed by atoms with van der Waals surface area (Å²) in [5, 5.41) is 0.115. The van der Waals surface area contributed by atoms with E-state index in [1.54, 1.807) is 0 Å². The van der Waals surface area contributed by atoms with Crippen LogP contribution in [-0.4, -0.2) is 8.75 Å². The molecule has 0 aliphatic heterocycles. The molecule has 0 saturated carbocycles. The van der Waals surface area contributed by atoms with Crippen molar-refractivity contribution in [3.05, 3.63) is 35.0 Å². The van der Waals surface area contributed by atoms with Crippen molar-refractivity contribution in [2.45, 2.75) is 6.18 Å². The number of halogens is 4. The van der Waals surface area contributed by atoms with Crippen molar-refractivity contribution in [1.82, 2.24) is 8.75 Å². The third-order valence-electron chi connectivity index (χ3n) is 1.91. The highest BCUT2D eigenvalue weighted by Gasteiger charge is 2.30. The van der Waals surface area contributed by atoms with Crippen LogP contribution in [0.25, 0.3) is 11.3 Å². The molecular weight excluding hydrogens is 261 g/mol. The minimum Gasteiger partial charge on any atom is -0.171 e. The van der Waals surface area contributed by atoms with Gasteiger partial charge in [-0.05, 0) is 12.1 Å². The van der Waals surface area contributed by atoms with Crippen LogP contribution in [0.5, 0.6) is 0 Å². The third-order valence-corrected chi connectivity index (χ3v) is 2.80. The second kappa shape index (κ2) is 4.03. The van der Waals surface area contributed by atoms with Crippen LogP contribution in [0.4, 0.5) is 13.2 Å². The molecule has 1 heterocycles. The standard InChI is InChI=1S/C9H4ClF3N2S/c10-8-7(14-16-15-8)5-2-1-3-6(4-5)9(11,12)13/h1-4H. The van der Waals surface area contributed by atoms with E-state index in [-0.39, 0.29) is 10.8 Å². The van der Waals surface area contributed by atoms with Crippen molar-refractivity contribution >= 4 is 23.3 Å². The summed E-state index contributed by atoms with van der Waals surface area (Å²) in [6.45, 7) is 0. The van der Waals surface area contributed by atoms with E-state index in [9.17, 15) is 13.2 Å². The zero-order valence-electron chi connectivity index (χ0n) is 7.62. The molecule has 0 N–H and O–H groups in total. The smallest absolute Gasteiger partial charge is 0.171 e. The van der Waals surface area contributed by atoms with Gasteiger partial charge in [-0.1, -0.05) is 23.7 Å². The molecule has 0 spiro atoms. The van der Waals surface area contributed by atoms with Crippen molar-refractivity contribution in [3.63, 3.8) is 0 Å². The maximum absolute atomic E-state index is 12.4. The molecular formula is C9H4ClF3N2S. The van der Waals surface area contributed by atoms with E-state index in [0.717, 1.165) is 23.9 Å². The first-order valence-corrected chi connectivity index (χ1v) is 5.25. The maximum atomic E-state index is 12.4. The molecule has 0 atom stereocenters. The maximum Gasteiger partial charge on any atom is 0.416 e. The van der Waals surface area contributed by atoms with Crippen molar-refractivity contribution in [2.75, 3.05) is 0 Å². The number of alkyl halides is 3. The van der Waals surface area contributed by atoms with Gasteiger partial charge < -0.3 is 0 Å². The molecule has 84 valence electrons. The van der Waals surface area contributed by atoms with Gasteiger partial charge in [0, 0.05) is 5.56 Å². The van der Waals surface area contributed by atoms with Crippen molar-refractivity contribution in [3.8, 4) is 11.3 Å². The number of hydrogen-bond donors (Lipinski definition) is 0. The van der Waals surface area contributed by atoms with Crippen molar-refractivity contribution < 1.29 is 13.2 Å². The zero-order chi connectivity index (χ0) is 11.8. The summed E-state index contributed by atoms with van der Waals surface area (Å²) >= 11 is 6.56. The molecule has 2 nitrogen and oxygen atoms in total. The molecule has 2 aromatic rings. The Bertz CT molecular complexity index is 509. The van der Waals surface area contributed by atoms with Crippen LogP contribution in [0.1, 0.15) is 5.56 Å². The van der Waals surface area contributed by atoms with Gasteiger partial charge >= 0.3 is 6.18 Å². The first-order chi connectivity index (χ1) is 7.48. The topological polar surface area (TPSA) is 25.8 Å². The summed E-state index contributed by atoms with van der Waals surface area (Å²) in [7, 11) is 0. The first kappa shape index (κ1) is 11.3. The van der Waals surface area contributed by atoms with Gasteiger partial charge in [0.05, 0.1) is 17.3 Å². The Hall–Kier alpha value is -1.14. The Morgan fingerprint density at radius 3 is 2.50 bits per heavy atom. The molecule has 0 unspecified atom stereocenters. The predicted octanol–water partition coefficient (Wildman–Crippen LogP) is 3.88. The van der Waals surface area contributed by atoms with Crippen LogP contribution >= 0.6 is 23.3 Å². The summed E-state index contributed by atoms with van der Waals surface area (Å²) in [5.41, 5.74) is -0.139. The van der Waals surface area contributed by atoms with E-state index in [2.05, 4.69) is 8.75 Å². The molecule has 0 fully saturated rings. The number of aromatic nitrogens is 2. The van der Waals surface area contributed by atoms with Gasteiger partial charge in [-0.25, -0.2) is 0 Å². The second-order valence-corrected chi connectivity index (χ2v) is 3.87. The molecule has 0 saturated heterocycles. The molecule has 1 aromatic carbocycles. The fraction of sp³-hybridized carbons (Fsp3) is 0.111. The monoisotopic (exact) mass is 264 g/mol. The number of rotatable bonds is 1. The van der Waals surface area contributed by atoms with E-state index in [1.807, 2.05) is 0 Å². The van der Waals surface area contributed by atoms with Gasteiger partial charge in [0.15, 0.2) is 5.15 Å². The van der Waals surface area contributed by atoms with Gasteiger partial charge in [0.2, 0.25) is 0 Å². The Morgan fingerprint density at radius 2 is 1.94 bits per heavy atom. The molecule has 2 rings (SSSR count). The summed E-state index contributed by atoms with van der Waals surface area (Å²) in [6, 6.07) is 4.82. The minimum atomic E-state index is -4.37. The van der Waals surface area contributed by atoms with Crippen molar-refractivity contribution in [1.29, 1.82) is 0 Å². The molecule has 0 amide bonds. The summed E-state index contributed by atoms with van der Waals surface area (Å²) in [6.07, 6.45) is -4.37. The minimum absolute atomic E-state index is 0.115. The molecule has 0 bridgehead atoms. The quantitative estimate of drug-likeness (QED) is 0.781. The van der Waals surface area contributed by atoms with E-state index >= 15 is 0 Å². The van der Waals surface area contributed by atoms with Crippen LogP contribution in [0.15, 0.2) is 24.3 Å². The lowest BCUT2D eigenvalue weighted by Crippen LogP contribution is -2.04. The first-order valence-electron chi connectivity index (χ1n) is 4.14. The zero-order valence-corrected chi connectivity index (χ0v) is 9.20. The molecule has 7 heteroatoms. The second-order valence-electron chi connectivity index (χ2n) is 2.98. The van der Waals surface area contributed by atoms with Crippen molar-refractivity contribution in [2.24, 2.45) is 0 Å². The lowest BCUT2D eigenvalue weighted by molar-refractivity contribution is -0.137. The van der Waals surface area contributed by atoms with E-state index < -0.39 is 11.7 Å². The van der Waals surface area contributed by atoms with Crippen LogP contribution in [0.3, 0.4) is 0 Å². The van der Waals surface area contributed by atoms with Gasteiger partial charge in [-0.2, -0.15) is 21.9 Å². The highest BCUT2D eigenvalue weighted by molar-refractivity contribution is 6.99. The van der Waals surface area contributed by atoms with Crippen LogP contribution in [-0.2, 0) is 6.18 Å². The molecule has 0 radical (unpaired) electrons. The number of benzene rings is 1. The van der Waals surface area contributed by atoms with Gasteiger partial charge in [-0.15, -0.1) is 0 Å². The van der Waals surface area contributed by atoms with E-state index in [1.165, 1.54) is 12.1 Å². The average Bonchev–Trinajstić information content (AvgIpc) is 2.63. The van der Waals surface area contributed by atoms with Gasteiger partial charge in [0.1, 0.15) is 5.69 Å². The summed E-state index contributed by atoms with van der Waals surface area (Å²) < 4.78 is 44.9. The average molecular weight is 265 g/mol. The highest BCUT2D eigenvalue weighted by atomic mass is 35.5. The normalized spacial score (nSPS) is 11.8. The van der Waals surface area contributed by atoms with E-state index in [0.29, 0.717) is 5.56 Å². The van der Waals surface area contributed by atoms with Crippen LogP contribution < -0.4 is 0 Å². The number of hydrogen-bond acceptors (Lipinski definition) is 3. The molecule has 16 heavy (non-hydrogen) atoms. The fourth-order valence-electron chi connectivity index (χ4n) is 1.19. The Balaban J connectivity index is 2.49. The number of nitrogens with zero attached hydrogens (tertiary/aromatic N) is 2. The van der Waals surface area contributed by atoms with Gasteiger partial charge in [-0.3, -0.25) is 0 Å². The summed E-state index contributed by atoms with van der Waals surface area (Å²) in [4.78, 5) is 0. The Morgan fingerprint density at radius 1 is 1.19 bits per heavy atom. The lowest BCUT2D eigenvalue weighted by Gasteiger charge is -2.07. The Labute approximate surface area is 98.0 Å². The SMILES string of the molecule is FC(F)(F)c1cccc(-c2nsnc2Cl)c1. The summed E-state index contributed by atoms with van der Waals surface area (Å²) in [5.74, 6) is 0. The third kappa shape index (κ3) is 2.17. The molecule has 1 aromatic heterocycles.